The molecule has 0 heterocycles. The Bertz CT molecular complexity index is 562. The van der Waals surface area contributed by atoms with Crippen molar-refractivity contribution in [2.75, 3.05) is 27.3 Å². The summed E-state index contributed by atoms with van der Waals surface area (Å²) in [6.45, 7) is -0.703. The predicted octanol–water partition coefficient (Wildman–Crippen LogP) is -0.218. The molecule has 1 rings (SSSR count). The molecule has 0 aliphatic carbocycles. The highest BCUT2D eigenvalue weighted by Gasteiger charge is 2.11. The summed E-state index contributed by atoms with van der Waals surface area (Å²) in [5.74, 6) is -2.16. The van der Waals surface area contributed by atoms with E-state index in [1.54, 1.807) is 0 Å². The minimum atomic E-state index is -0.681. The third-order valence-electron chi connectivity index (χ3n) is 2.65. The lowest BCUT2D eigenvalue weighted by Crippen LogP contribution is -2.37. The molecule has 0 unspecified atom stereocenters. The van der Waals surface area contributed by atoms with Crippen molar-refractivity contribution >= 4 is 17.8 Å². The van der Waals surface area contributed by atoms with E-state index in [1.807, 2.05) is 0 Å². The second kappa shape index (κ2) is 8.60. The molecular formula is C14H17FN2O5. The first-order chi connectivity index (χ1) is 10.5. The van der Waals surface area contributed by atoms with Crippen LogP contribution in [-0.4, -0.2) is 45.1 Å². The number of benzene rings is 1. The second-order valence-electron chi connectivity index (χ2n) is 4.26. The van der Waals surface area contributed by atoms with Crippen LogP contribution in [0.25, 0.3) is 0 Å². The topological polar surface area (TPSA) is 93.7 Å². The number of carbonyl (C=O) groups is 3. The monoisotopic (exact) mass is 312 g/mol. The Hall–Kier alpha value is -2.64. The van der Waals surface area contributed by atoms with Crippen LogP contribution in [0.15, 0.2) is 18.2 Å². The summed E-state index contributed by atoms with van der Waals surface area (Å²) in [6.07, 6.45) is -0.177. The number of esters is 1. The fraction of sp³-hybridized carbons (Fsp3) is 0.357. The third kappa shape index (κ3) is 5.78. The van der Waals surface area contributed by atoms with Crippen LogP contribution in [0.1, 0.15) is 5.56 Å². The van der Waals surface area contributed by atoms with Crippen LogP contribution in [0, 0.1) is 5.82 Å². The summed E-state index contributed by atoms with van der Waals surface area (Å²) in [5, 5.41) is 4.60. The van der Waals surface area contributed by atoms with Crippen molar-refractivity contribution in [3.8, 4) is 5.75 Å². The summed E-state index contributed by atoms with van der Waals surface area (Å²) in [7, 11) is 2.77. The molecule has 1 aromatic carbocycles. The predicted molar refractivity (Wildman–Crippen MR) is 74.7 cm³/mol. The SMILES string of the molecule is CNC(=O)CNC(=O)COC(=O)Cc1ccc(OC)c(F)c1. The normalized spacial score (nSPS) is 9.77. The van der Waals surface area contributed by atoms with Crippen molar-refractivity contribution in [1.29, 1.82) is 0 Å². The quantitative estimate of drug-likeness (QED) is 0.679. The fourth-order valence-electron chi connectivity index (χ4n) is 1.50. The number of likely N-dealkylation sites (N-methyl/N-ethyl adjacent to an activating group) is 1. The zero-order chi connectivity index (χ0) is 16.5. The summed E-state index contributed by atoms with van der Waals surface area (Å²) in [5.41, 5.74) is 0.397. The molecule has 0 fully saturated rings. The van der Waals surface area contributed by atoms with Gasteiger partial charge < -0.3 is 20.1 Å². The maximum absolute atomic E-state index is 13.4. The smallest absolute Gasteiger partial charge is 0.310 e. The molecule has 0 aliphatic rings. The van der Waals surface area contributed by atoms with Crippen LogP contribution in [-0.2, 0) is 25.5 Å². The highest BCUT2D eigenvalue weighted by atomic mass is 19.1. The summed E-state index contributed by atoms with van der Waals surface area (Å²) >= 11 is 0. The summed E-state index contributed by atoms with van der Waals surface area (Å²) in [6, 6.07) is 4.08. The maximum Gasteiger partial charge on any atom is 0.310 e. The Morgan fingerprint density at radius 1 is 1.23 bits per heavy atom. The molecule has 0 spiro atoms. The molecule has 0 aromatic heterocycles. The third-order valence-corrected chi connectivity index (χ3v) is 2.65. The molecule has 2 amide bonds. The molecule has 8 heteroatoms. The number of hydrogen-bond donors (Lipinski definition) is 2. The van der Waals surface area contributed by atoms with Gasteiger partial charge in [0.15, 0.2) is 18.2 Å². The molecule has 0 atom stereocenters. The van der Waals surface area contributed by atoms with Gasteiger partial charge in [0.25, 0.3) is 5.91 Å². The van der Waals surface area contributed by atoms with Crippen molar-refractivity contribution in [2.24, 2.45) is 0 Å². The van der Waals surface area contributed by atoms with E-state index >= 15 is 0 Å². The van der Waals surface area contributed by atoms with Gasteiger partial charge in [0.1, 0.15) is 0 Å². The molecule has 0 bridgehead atoms. The van der Waals surface area contributed by atoms with Gasteiger partial charge in [-0.3, -0.25) is 14.4 Å². The van der Waals surface area contributed by atoms with Gasteiger partial charge in [-0.05, 0) is 17.7 Å². The van der Waals surface area contributed by atoms with Crippen molar-refractivity contribution in [2.45, 2.75) is 6.42 Å². The molecule has 0 saturated carbocycles. The first kappa shape index (κ1) is 17.4. The molecule has 2 N–H and O–H groups in total. The highest BCUT2D eigenvalue weighted by molar-refractivity contribution is 5.86. The number of methoxy groups -OCH3 is 1. The van der Waals surface area contributed by atoms with Crippen LogP contribution in [0.5, 0.6) is 5.75 Å². The molecule has 1 aromatic rings. The Labute approximate surface area is 126 Å². The van der Waals surface area contributed by atoms with Crippen LogP contribution >= 0.6 is 0 Å². The lowest BCUT2D eigenvalue weighted by atomic mass is 10.1. The number of nitrogens with one attached hydrogen (secondary N) is 2. The highest BCUT2D eigenvalue weighted by Crippen LogP contribution is 2.18. The van der Waals surface area contributed by atoms with Gasteiger partial charge in [-0.25, -0.2) is 4.39 Å². The number of halogens is 1. The first-order valence-corrected chi connectivity index (χ1v) is 6.41. The van der Waals surface area contributed by atoms with Gasteiger partial charge in [0.05, 0.1) is 20.1 Å². The van der Waals surface area contributed by atoms with Gasteiger partial charge in [0, 0.05) is 7.05 Å². The van der Waals surface area contributed by atoms with Crippen LogP contribution in [0.4, 0.5) is 4.39 Å². The van der Waals surface area contributed by atoms with Gasteiger partial charge >= 0.3 is 5.97 Å². The Balaban J connectivity index is 2.38. The van der Waals surface area contributed by atoms with E-state index in [0.29, 0.717) is 5.56 Å². The van der Waals surface area contributed by atoms with Crippen molar-refractivity contribution in [3.63, 3.8) is 0 Å². The molecule has 0 saturated heterocycles. The minimum Gasteiger partial charge on any atom is -0.494 e. The molecule has 7 nitrogen and oxygen atoms in total. The van der Waals surface area contributed by atoms with Crippen molar-refractivity contribution in [1.82, 2.24) is 10.6 Å². The van der Waals surface area contributed by atoms with E-state index in [1.165, 1.54) is 26.3 Å². The van der Waals surface area contributed by atoms with E-state index in [9.17, 15) is 18.8 Å². The summed E-state index contributed by atoms with van der Waals surface area (Å²) in [4.78, 5) is 33.8. The Kier molecular flexibility index (Phi) is 6.81. The van der Waals surface area contributed by atoms with Gasteiger partial charge in [0.2, 0.25) is 5.91 Å². The van der Waals surface area contributed by atoms with E-state index in [4.69, 9.17) is 9.47 Å². The van der Waals surface area contributed by atoms with E-state index in [2.05, 4.69) is 10.6 Å². The number of hydrogen-bond acceptors (Lipinski definition) is 5. The van der Waals surface area contributed by atoms with Gasteiger partial charge in [-0.15, -0.1) is 0 Å². The van der Waals surface area contributed by atoms with Crippen LogP contribution in [0.3, 0.4) is 0 Å². The molecule has 0 aliphatic heterocycles. The fourth-order valence-corrected chi connectivity index (χ4v) is 1.50. The minimum absolute atomic E-state index is 0.0747. The average Bonchev–Trinajstić information content (AvgIpc) is 2.50. The van der Waals surface area contributed by atoms with Crippen molar-refractivity contribution in [3.05, 3.63) is 29.6 Å². The largest absolute Gasteiger partial charge is 0.494 e. The van der Waals surface area contributed by atoms with E-state index in [0.717, 1.165) is 6.07 Å². The average molecular weight is 312 g/mol. The molecule has 120 valence electrons. The lowest BCUT2D eigenvalue weighted by molar-refractivity contribution is -0.147. The lowest BCUT2D eigenvalue weighted by Gasteiger charge is -2.07. The Morgan fingerprint density at radius 3 is 2.55 bits per heavy atom. The zero-order valence-corrected chi connectivity index (χ0v) is 12.3. The molecule has 22 heavy (non-hydrogen) atoms. The number of ether oxygens (including phenoxy) is 2. The molecule has 0 radical (unpaired) electrons. The van der Waals surface area contributed by atoms with E-state index in [-0.39, 0.29) is 24.6 Å². The van der Waals surface area contributed by atoms with Gasteiger partial charge in [-0.2, -0.15) is 0 Å². The van der Waals surface area contributed by atoms with Crippen molar-refractivity contribution < 1.29 is 28.2 Å². The molecular weight excluding hydrogens is 295 g/mol. The first-order valence-electron chi connectivity index (χ1n) is 6.41. The summed E-state index contributed by atoms with van der Waals surface area (Å²) < 4.78 is 22.9. The number of amides is 2. The number of rotatable bonds is 7. The maximum atomic E-state index is 13.4. The van der Waals surface area contributed by atoms with Crippen LogP contribution < -0.4 is 15.4 Å². The van der Waals surface area contributed by atoms with Crippen LogP contribution in [0.2, 0.25) is 0 Å². The number of carbonyl (C=O) groups excluding carboxylic acids is 3. The zero-order valence-electron chi connectivity index (χ0n) is 12.3. The second-order valence-corrected chi connectivity index (χ2v) is 4.26. The standard InChI is InChI=1S/C14H17FN2O5/c1-16-12(18)7-17-13(19)8-22-14(20)6-9-3-4-11(21-2)10(15)5-9/h3-5H,6-8H2,1-2H3,(H,16,18)(H,17,19). The Morgan fingerprint density at radius 2 is 1.95 bits per heavy atom. The van der Waals surface area contributed by atoms with E-state index < -0.39 is 24.3 Å². The van der Waals surface area contributed by atoms with Gasteiger partial charge in [-0.1, -0.05) is 6.07 Å².